The summed E-state index contributed by atoms with van der Waals surface area (Å²) in [6.07, 6.45) is 4.06. The van der Waals surface area contributed by atoms with Crippen LogP contribution in [0.25, 0.3) is 21.8 Å². The van der Waals surface area contributed by atoms with E-state index in [0.717, 1.165) is 28.8 Å². The summed E-state index contributed by atoms with van der Waals surface area (Å²) in [5, 5.41) is 12.7. The lowest BCUT2D eigenvalue weighted by Crippen LogP contribution is -1.87. The van der Waals surface area contributed by atoms with Gasteiger partial charge in [-0.15, -0.1) is 11.8 Å². The number of nitrogens with one attached hydrogen (secondary N) is 1. The van der Waals surface area contributed by atoms with Crippen LogP contribution < -0.4 is 0 Å². The van der Waals surface area contributed by atoms with Gasteiger partial charge in [0, 0.05) is 16.3 Å². The molecule has 0 saturated heterocycles. The Hall–Kier alpha value is -1.61. The number of aromatic nitrogens is 1. The fourth-order valence-electron chi connectivity index (χ4n) is 2.75. The molecule has 98 valence electrons. The Morgan fingerprint density at radius 1 is 1.26 bits per heavy atom. The lowest BCUT2D eigenvalue weighted by Gasteiger charge is -2.08. The van der Waals surface area contributed by atoms with Crippen LogP contribution in [0.1, 0.15) is 18.9 Å². The average Bonchev–Trinajstić information content (AvgIpc) is 2.78. The predicted molar refractivity (Wildman–Crippen MR) is 83.2 cm³/mol. The summed E-state index contributed by atoms with van der Waals surface area (Å²) in [4.78, 5) is 4.39. The van der Waals surface area contributed by atoms with E-state index in [0.29, 0.717) is 5.75 Å². The van der Waals surface area contributed by atoms with Crippen molar-refractivity contribution in [2.24, 2.45) is 0 Å². The SMILES string of the molecule is CCCc1cc(O)c(SC)c2[nH]c3ccccc3c12. The normalized spacial score (nSPS) is 11.5. The van der Waals surface area contributed by atoms with Crippen LogP contribution in [0.15, 0.2) is 35.2 Å². The topological polar surface area (TPSA) is 36.0 Å². The summed E-state index contributed by atoms with van der Waals surface area (Å²) in [7, 11) is 0. The minimum absolute atomic E-state index is 0.384. The highest BCUT2D eigenvalue weighted by molar-refractivity contribution is 7.99. The molecule has 1 heterocycles. The van der Waals surface area contributed by atoms with E-state index in [1.54, 1.807) is 11.8 Å². The van der Waals surface area contributed by atoms with Gasteiger partial charge < -0.3 is 10.1 Å². The van der Waals surface area contributed by atoms with Gasteiger partial charge in [0.2, 0.25) is 0 Å². The molecule has 19 heavy (non-hydrogen) atoms. The van der Waals surface area contributed by atoms with Crippen LogP contribution >= 0.6 is 11.8 Å². The molecule has 0 aliphatic carbocycles. The first-order valence-electron chi connectivity index (χ1n) is 6.55. The van der Waals surface area contributed by atoms with Gasteiger partial charge >= 0.3 is 0 Å². The first-order valence-corrected chi connectivity index (χ1v) is 7.78. The summed E-state index contributed by atoms with van der Waals surface area (Å²) >= 11 is 1.59. The quantitative estimate of drug-likeness (QED) is 0.677. The van der Waals surface area contributed by atoms with Gasteiger partial charge in [0.1, 0.15) is 5.75 Å². The van der Waals surface area contributed by atoms with E-state index >= 15 is 0 Å². The first-order chi connectivity index (χ1) is 9.26. The molecule has 3 aromatic rings. The molecule has 0 spiro atoms. The van der Waals surface area contributed by atoms with E-state index in [9.17, 15) is 5.11 Å². The maximum Gasteiger partial charge on any atom is 0.131 e. The molecule has 2 nitrogen and oxygen atoms in total. The van der Waals surface area contributed by atoms with Crippen molar-refractivity contribution in [1.82, 2.24) is 4.98 Å². The lowest BCUT2D eigenvalue weighted by molar-refractivity contribution is 0.463. The van der Waals surface area contributed by atoms with Crippen molar-refractivity contribution in [3.05, 3.63) is 35.9 Å². The van der Waals surface area contributed by atoms with E-state index in [1.807, 2.05) is 18.4 Å². The minimum atomic E-state index is 0.384. The number of thioether (sulfide) groups is 1. The number of rotatable bonds is 3. The van der Waals surface area contributed by atoms with Gasteiger partial charge in [-0.05, 0) is 30.4 Å². The lowest BCUT2D eigenvalue weighted by atomic mass is 10.0. The molecular formula is C16H17NOS. The maximum absolute atomic E-state index is 10.2. The first kappa shape index (κ1) is 12.4. The Morgan fingerprint density at radius 2 is 2.05 bits per heavy atom. The molecule has 0 aliphatic heterocycles. The Labute approximate surface area is 116 Å². The molecule has 0 bridgehead atoms. The van der Waals surface area contributed by atoms with Gasteiger partial charge in [0.25, 0.3) is 0 Å². The third kappa shape index (κ3) is 1.89. The summed E-state index contributed by atoms with van der Waals surface area (Å²) in [5.74, 6) is 0.384. The second kappa shape index (κ2) is 4.82. The molecule has 0 fully saturated rings. The molecule has 0 aliphatic rings. The summed E-state index contributed by atoms with van der Waals surface area (Å²) < 4.78 is 0. The highest BCUT2D eigenvalue weighted by Gasteiger charge is 2.15. The van der Waals surface area contributed by atoms with Crippen LogP contribution in [-0.2, 0) is 6.42 Å². The second-order valence-electron chi connectivity index (χ2n) is 4.76. The number of aromatic amines is 1. The summed E-state index contributed by atoms with van der Waals surface area (Å²) in [5.41, 5.74) is 3.43. The number of aromatic hydroxyl groups is 1. The van der Waals surface area contributed by atoms with Gasteiger partial charge in [0.15, 0.2) is 0 Å². The molecule has 0 amide bonds. The third-order valence-corrected chi connectivity index (χ3v) is 4.34. The largest absolute Gasteiger partial charge is 0.507 e. The fraction of sp³-hybridized carbons (Fsp3) is 0.250. The minimum Gasteiger partial charge on any atom is -0.507 e. The number of phenols is 1. The maximum atomic E-state index is 10.2. The number of para-hydroxylation sites is 1. The molecule has 0 unspecified atom stereocenters. The number of hydrogen-bond acceptors (Lipinski definition) is 2. The Bertz CT molecular complexity index is 745. The predicted octanol–water partition coefficient (Wildman–Crippen LogP) is 4.70. The fourth-order valence-corrected chi connectivity index (χ4v) is 3.38. The zero-order chi connectivity index (χ0) is 13.4. The average molecular weight is 271 g/mol. The van der Waals surface area contributed by atoms with Gasteiger partial charge in [-0.3, -0.25) is 0 Å². The van der Waals surface area contributed by atoms with Crippen molar-refractivity contribution >= 4 is 33.6 Å². The van der Waals surface area contributed by atoms with Gasteiger partial charge in [0.05, 0.1) is 10.4 Å². The third-order valence-electron chi connectivity index (χ3n) is 3.52. The van der Waals surface area contributed by atoms with E-state index in [4.69, 9.17) is 0 Å². The Kier molecular flexibility index (Phi) is 3.15. The van der Waals surface area contributed by atoms with Crippen molar-refractivity contribution in [2.45, 2.75) is 24.7 Å². The van der Waals surface area contributed by atoms with Gasteiger partial charge in [-0.2, -0.15) is 0 Å². The molecule has 0 radical (unpaired) electrons. The molecular weight excluding hydrogens is 254 g/mol. The molecule has 3 rings (SSSR count). The molecule has 3 heteroatoms. The molecule has 0 saturated carbocycles. The zero-order valence-electron chi connectivity index (χ0n) is 11.2. The Balaban J connectivity index is 2.48. The standard InChI is InChI=1S/C16H17NOS/c1-3-6-10-9-13(18)16(19-2)15-14(10)11-7-4-5-8-12(11)17-15/h4-5,7-9,17-18H,3,6H2,1-2H3. The highest BCUT2D eigenvalue weighted by Crippen LogP contribution is 2.40. The zero-order valence-corrected chi connectivity index (χ0v) is 12.0. The highest BCUT2D eigenvalue weighted by atomic mass is 32.2. The number of benzene rings is 2. The Morgan fingerprint density at radius 3 is 2.79 bits per heavy atom. The van der Waals surface area contributed by atoms with Crippen molar-refractivity contribution < 1.29 is 5.11 Å². The molecule has 2 aromatic carbocycles. The van der Waals surface area contributed by atoms with Crippen LogP contribution in [0.3, 0.4) is 0 Å². The smallest absolute Gasteiger partial charge is 0.131 e. The van der Waals surface area contributed by atoms with Crippen LogP contribution in [0, 0.1) is 0 Å². The van der Waals surface area contributed by atoms with E-state index in [2.05, 4.69) is 30.1 Å². The number of hydrogen-bond donors (Lipinski definition) is 2. The van der Waals surface area contributed by atoms with E-state index in [-0.39, 0.29) is 0 Å². The van der Waals surface area contributed by atoms with E-state index in [1.165, 1.54) is 16.3 Å². The van der Waals surface area contributed by atoms with Gasteiger partial charge in [-0.25, -0.2) is 0 Å². The number of aryl methyl sites for hydroxylation is 1. The van der Waals surface area contributed by atoms with Crippen LogP contribution in [0.5, 0.6) is 5.75 Å². The number of fused-ring (bicyclic) bond motifs is 3. The van der Waals surface area contributed by atoms with E-state index < -0.39 is 0 Å². The van der Waals surface area contributed by atoms with Crippen LogP contribution in [-0.4, -0.2) is 16.3 Å². The summed E-state index contributed by atoms with van der Waals surface area (Å²) in [6, 6.07) is 10.3. The summed E-state index contributed by atoms with van der Waals surface area (Å²) in [6.45, 7) is 2.17. The van der Waals surface area contributed by atoms with Crippen molar-refractivity contribution in [2.75, 3.05) is 6.26 Å². The molecule has 2 N–H and O–H groups in total. The monoisotopic (exact) mass is 271 g/mol. The number of H-pyrrole nitrogens is 1. The van der Waals surface area contributed by atoms with Crippen LogP contribution in [0.4, 0.5) is 0 Å². The van der Waals surface area contributed by atoms with Crippen molar-refractivity contribution in [3.8, 4) is 5.75 Å². The number of phenolic OH excluding ortho intramolecular Hbond substituents is 1. The van der Waals surface area contributed by atoms with Crippen molar-refractivity contribution in [1.29, 1.82) is 0 Å². The second-order valence-corrected chi connectivity index (χ2v) is 5.58. The molecule has 0 atom stereocenters. The van der Waals surface area contributed by atoms with Gasteiger partial charge in [-0.1, -0.05) is 31.5 Å². The van der Waals surface area contributed by atoms with Crippen molar-refractivity contribution in [3.63, 3.8) is 0 Å². The molecule has 1 aromatic heterocycles. The van der Waals surface area contributed by atoms with Crippen LogP contribution in [0.2, 0.25) is 0 Å².